The standard InChI is InChI=1S/C18H17N3O5S/c1-10-5-4-6-13(11(10)2)26-9-16(22)19-18-20-17-14(25-3)7-12(21(23)24)8-15(17)27-18/h4-8H,9H2,1-3H3,(H,19,20,22). The number of methoxy groups -OCH3 is 1. The number of hydrogen-bond acceptors (Lipinski definition) is 7. The van der Waals surface area contributed by atoms with Gasteiger partial charge in [-0.15, -0.1) is 0 Å². The van der Waals surface area contributed by atoms with Crippen LogP contribution in [-0.2, 0) is 4.79 Å². The molecule has 8 nitrogen and oxygen atoms in total. The minimum absolute atomic E-state index is 0.0980. The second kappa shape index (κ2) is 7.58. The fraction of sp³-hybridized carbons (Fsp3) is 0.222. The predicted octanol–water partition coefficient (Wildman–Crippen LogP) is 3.85. The molecule has 0 unspecified atom stereocenters. The van der Waals surface area contributed by atoms with Crippen LogP contribution in [0.15, 0.2) is 30.3 Å². The Hall–Kier alpha value is -3.20. The van der Waals surface area contributed by atoms with E-state index in [1.54, 1.807) is 6.07 Å². The number of rotatable bonds is 6. The van der Waals surface area contributed by atoms with Crippen LogP contribution in [0.1, 0.15) is 11.1 Å². The zero-order chi connectivity index (χ0) is 19.6. The van der Waals surface area contributed by atoms with E-state index in [0.717, 1.165) is 22.5 Å². The number of hydrogen-bond donors (Lipinski definition) is 1. The number of aryl methyl sites for hydroxylation is 1. The number of thiazole rings is 1. The number of ether oxygens (including phenoxy) is 2. The first-order valence-electron chi connectivity index (χ1n) is 8.01. The normalized spacial score (nSPS) is 10.6. The largest absolute Gasteiger partial charge is 0.494 e. The Morgan fingerprint density at radius 3 is 2.78 bits per heavy atom. The lowest BCUT2D eigenvalue weighted by Crippen LogP contribution is -2.20. The van der Waals surface area contributed by atoms with Gasteiger partial charge in [0.25, 0.3) is 11.6 Å². The number of carbonyl (C=O) groups is 1. The van der Waals surface area contributed by atoms with Gasteiger partial charge in [0.2, 0.25) is 0 Å². The molecule has 0 spiro atoms. The van der Waals surface area contributed by atoms with Gasteiger partial charge in [-0.05, 0) is 31.0 Å². The van der Waals surface area contributed by atoms with Crippen molar-refractivity contribution in [1.82, 2.24) is 4.98 Å². The molecule has 3 aromatic rings. The molecule has 0 fully saturated rings. The van der Waals surface area contributed by atoms with Crippen LogP contribution in [0.25, 0.3) is 10.2 Å². The predicted molar refractivity (Wildman–Crippen MR) is 103 cm³/mol. The SMILES string of the molecule is COc1cc([N+](=O)[O-])cc2sc(NC(=O)COc3cccc(C)c3C)nc12. The molecule has 9 heteroatoms. The van der Waals surface area contributed by atoms with E-state index in [-0.39, 0.29) is 24.0 Å². The summed E-state index contributed by atoms with van der Waals surface area (Å²) in [6, 6.07) is 8.34. The van der Waals surface area contributed by atoms with Crippen molar-refractivity contribution in [1.29, 1.82) is 0 Å². The van der Waals surface area contributed by atoms with E-state index < -0.39 is 4.92 Å². The highest BCUT2D eigenvalue weighted by molar-refractivity contribution is 7.22. The topological polar surface area (TPSA) is 104 Å². The summed E-state index contributed by atoms with van der Waals surface area (Å²) < 4.78 is 11.3. The molecule has 1 amide bonds. The van der Waals surface area contributed by atoms with Crippen LogP contribution in [0.5, 0.6) is 11.5 Å². The zero-order valence-corrected chi connectivity index (χ0v) is 15.8. The summed E-state index contributed by atoms with van der Waals surface area (Å²) >= 11 is 1.13. The molecule has 0 aliphatic carbocycles. The molecule has 0 aliphatic heterocycles. The van der Waals surface area contributed by atoms with Crippen LogP contribution in [0, 0.1) is 24.0 Å². The highest BCUT2D eigenvalue weighted by atomic mass is 32.1. The number of anilines is 1. The fourth-order valence-electron chi connectivity index (χ4n) is 2.48. The first-order chi connectivity index (χ1) is 12.9. The minimum Gasteiger partial charge on any atom is -0.494 e. The van der Waals surface area contributed by atoms with Gasteiger partial charge in [-0.25, -0.2) is 4.98 Å². The van der Waals surface area contributed by atoms with Crippen molar-refractivity contribution in [3.05, 3.63) is 51.6 Å². The Morgan fingerprint density at radius 2 is 2.07 bits per heavy atom. The molecule has 27 heavy (non-hydrogen) atoms. The van der Waals surface area contributed by atoms with E-state index in [1.807, 2.05) is 26.0 Å². The van der Waals surface area contributed by atoms with Gasteiger partial charge in [0.1, 0.15) is 11.3 Å². The second-order valence-electron chi connectivity index (χ2n) is 5.81. The third-order valence-electron chi connectivity index (χ3n) is 4.04. The monoisotopic (exact) mass is 387 g/mol. The molecule has 0 radical (unpaired) electrons. The van der Waals surface area contributed by atoms with Crippen molar-refractivity contribution in [2.75, 3.05) is 19.0 Å². The molecule has 1 heterocycles. The number of amides is 1. The molecule has 140 valence electrons. The molecule has 0 saturated carbocycles. The Bertz CT molecular complexity index is 1030. The van der Waals surface area contributed by atoms with E-state index in [1.165, 1.54) is 19.2 Å². The number of aromatic nitrogens is 1. The average molecular weight is 387 g/mol. The van der Waals surface area contributed by atoms with E-state index in [4.69, 9.17) is 9.47 Å². The molecule has 3 rings (SSSR count). The maximum atomic E-state index is 12.2. The van der Waals surface area contributed by atoms with Crippen molar-refractivity contribution in [2.45, 2.75) is 13.8 Å². The van der Waals surface area contributed by atoms with E-state index in [0.29, 0.717) is 21.1 Å². The van der Waals surface area contributed by atoms with Crippen molar-refractivity contribution in [2.24, 2.45) is 0 Å². The van der Waals surface area contributed by atoms with Gasteiger partial charge < -0.3 is 9.47 Å². The number of fused-ring (bicyclic) bond motifs is 1. The lowest BCUT2D eigenvalue weighted by Gasteiger charge is -2.10. The van der Waals surface area contributed by atoms with Gasteiger partial charge in [0, 0.05) is 6.07 Å². The summed E-state index contributed by atoms with van der Waals surface area (Å²) in [5, 5.41) is 14.0. The quantitative estimate of drug-likeness (QED) is 0.509. The Balaban J connectivity index is 1.75. The van der Waals surface area contributed by atoms with Gasteiger partial charge in [-0.1, -0.05) is 23.5 Å². The molecule has 1 N–H and O–H groups in total. The van der Waals surface area contributed by atoms with Gasteiger partial charge in [-0.3, -0.25) is 20.2 Å². The third kappa shape index (κ3) is 3.98. The van der Waals surface area contributed by atoms with Gasteiger partial charge in [-0.2, -0.15) is 0 Å². The number of nitro benzene ring substituents is 1. The maximum absolute atomic E-state index is 12.2. The summed E-state index contributed by atoms with van der Waals surface area (Å²) in [6.45, 7) is 3.72. The average Bonchev–Trinajstić information content (AvgIpc) is 3.04. The fourth-order valence-corrected chi connectivity index (χ4v) is 3.41. The number of carbonyl (C=O) groups excluding carboxylic acids is 1. The Kier molecular flexibility index (Phi) is 5.22. The summed E-state index contributed by atoms with van der Waals surface area (Å²) in [5.41, 5.74) is 2.41. The number of non-ortho nitro benzene ring substituents is 1. The first kappa shape index (κ1) is 18.6. The summed E-state index contributed by atoms with van der Waals surface area (Å²) in [7, 11) is 1.41. The highest BCUT2D eigenvalue weighted by Crippen LogP contribution is 2.36. The Morgan fingerprint density at radius 1 is 1.30 bits per heavy atom. The Labute approximate surface area is 158 Å². The van der Waals surface area contributed by atoms with E-state index in [9.17, 15) is 14.9 Å². The van der Waals surface area contributed by atoms with Crippen LogP contribution in [0.3, 0.4) is 0 Å². The number of nitrogens with one attached hydrogen (secondary N) is 1. The van der Waals surface area contributed by atoms with Crippen LogP contribution >= 0.6 is 11.3 Å². The molecule has 0 saturated heterocycles. The van der Waals surface area contributed by atoms with Crippen LogP contribution in [0.2, 0.25) is 0 Å². The van der Waals surface area contributed by atoms with Gasteiger partial charge in [0.05, 0.1) is 22.8 Å². The van der Waals surface area contributed by atoms with Crippen molar-refractivity contribution in [3.63, 3.8) is 0 Å². The number of benzene rings is 2. The third-order valence-corrected chi connectivity index (χ3v) is 4.95. The molecule has 2 aromatic carbocycles. The maximum Gasteiger partial charge on any atom is 0.274 e. The number of nitrogens with zero attached hydrogens (tertiary/aromatic N) is 2. The highest BCUT2D eigenvalue weighted by Gasteiger charge is 2.17. The summed E-state index contributed by atoms with van der Waals surface area (Å²) in [6.07, 6.45) is 0. The lowest BCUT2D eigenvalue weighted by atomic mass is 10.1. The van der Waals surface area contributed by atoms with E-state index >= 15 is 0 Å². The summed E-state index contributed by atoms with van der Waals surface area (Å²) in [4.78, 5) is 27.0. The molecule has 0 bridgehead atoms. The molecular formula is C18H17N3O5S. The van der Waals surface area contributed by atoms with E-state index in [2.05, 4.69) is 10.3 Å². The van der Waals surface area contributed by atoms with Crippen LogP contribution in [-0.4, -0.2) is 29.5 Å². The molecular weight excluding hydrogens is 370 g/mol. The van der Waals surface area contributed by atoms with Crippen molar-refractivity contribution >= 4 is 38.3 Å². The molecule has 0 aliphatic rings. The lowest BCUT2D eigenvalue weighted by molar-refractivity contribution is -0.384. The van der Waals surface area contributed by atoms with Crippen LogP contribution < -0.4 is 14.8 Å². The first-order valence-corrected chi connectivity index (χ1v) is 8.82. The van der Waals surface area contributed by atoms with Gasteiger partial charge in [0.15, 0.2) is 17.5 Å². The zero-order valence-electron chi connectivity index (χ0n) is 14.9. The van der Waals surface area contributed by atoms with Gasteiger partial charge >= 0.3 is 0 Å². The van der Waals surface area contributed by atoms with Crippen molar-refractivity contribution in [3.8, 4) is 11.5 Å². The molecule has 1 aromatic heterocycles. The van der Waals surface area contributed by atoms with Crippen molar-refractivity contribution < 1.29 is 19.2 Å². The summed E-state index contributed by atoms with van der Waals surface area (Å²) in [5.74, 6) is 0.553. The second-order valence-corrected chi connectivity index (χ2v) is 6.84. The molecule has 0 atom stereocenters. The number of nitro groups is 1. The smallest absolute Gasteiger partial charge is 0.274 e. The minimum atomic E-state index is -0.502. The van der Waals surface area contributed by atoms with Crippen LogP contribution in [0.4, 0.5) is 10.8 Å².